The molecule has 5 nitrogen and oxygen atoms in total. The largest absolute Gasteiger partial charge is 0.506 e. The zero-order chi connectivity index (χ0) is 30.5. The molecular weight excluding hydrogens is 545 g/mol. The Labute approximate surface area is 255 Å². The summed E-state index contributed by atoms with van der Waals surface area (Å²) in [5, 5.41) is 11.9. The maximum absolute atomic E-state index is 10.5. The molecule has 6 aromatic rings. The number of hydrogen-bond donors (Lipinski definition) is 1. The predicted octanol–water partition coefficient (Wildman–Crippen LogP) is 8.58. The minimum absolute atomic E-state index is 0.0721. The van der Waals surface area contributed by atoms with Crippen molar-refractivity contribution in [1.82, 2.24) is 19.5 Å². The van der Waals surface area contributed by atoms with Crippen LogP contribution in [-0.2, 0) is 12.5 Å². The first kappa shape index (κ1) is 28.6. The zero-order valence-electron chi connectivity index (χ0n) is 26.0. The average molecular weight is 583 g/mol. The van der Waals surface area contributed by atoms with Crippen molar-refractivity contribution >= 4 is 24.3 Å². The molecule has 0 saturated carbocycles. The van der Waals surface area contributed by atoms with Crippen molar-refractivity contribution in [3.05, 3.63) is 103 Å². The van der Waals surface area contributed by atoms with Gasteiger partial charge in [0.2, 0.25) is 0 Å². The molecule has 0 spiro atoms. The summed E-state index contributed by atoms with van der Waals surface area (Å²) in [6.45, 7) is 13.9. The highest BCUT2D eigenvalue weighted by Crippen LogP contribution is 2.38. The Morgan fingerprint density at radius 3 is 2.19 bits per heavy atom. The van der Waals surface area contributed by atoms with Gasteiger partial charge in [-0.05, 0) is 63.2 Å². The molecule has 6 rings (SSSR count). The highest BCUT2D eigenvalue weighted by Gasteiger charge is 2.24. The van der Waals surface area contributed by atoms with Crippen LogP contribution < -0.4 is 5.19 Å². The van der Waals surface area contributed by atoms with Crippen LogP contribution in [0.3, 0.4) is 0 Å². The van der Waals surface area contributed by atoms with Crippen molar-refractivity contribution in [2.24, 2.45) is 7.05 Å². The van der Waals surface area contributed by atoms with Crippen LogP contribution >= 0.6 is 0 Å². The lowest BCUT2D eigenvalue weighted by molar-refractivity contribution is 0.474. The summed E-state index contributed by atoms with van der Waals surface area (Å²) in [5.74, 6) is 0.812. The molecule has 6 heteroatoms. The van der Waals surface area contributed by atoms with Gasteiger partial charge in [-0.1, -0.05) is 88.9 Å². The quantitative estimate of drug-likeness (QED) is 0.207. The van der Waals surface area contributed by atoms with Gasteiger partial charge in [-0.25, -0.2) is 4.98 Å². The van der Waals surface area contributed by atoms with Gasteiger partial charge >= 0.3 is 0 Å². The summed E-state index contributed by atoms with van der Waals surface area (Å²) in [4.78, 5) is 14.2. The van der Waals surface area contributed by atoms with Crippen LogP contribution in [0.1, 0.15) is 26.3 Å². The number of nitrogens with zero attached hydrogens (tertiary/aromatic N) is 4. The summed E-state index contributed by atoms with van der Waals surface area (Å²) in [6.07, 6.45) is 5.25. The third-order valence-corrected chi connectivity index (χ3v) is 10.2. The van der Waals surface area contributed by atoms with E-state index in [9.17, 15) is 5.11 Å². The molecule has 0 amide bonds. The fourth-order valence-electron chi connectivity index (χ4n) is 5.69. The van der Waals surface area contributed by atoms with Gasteiger partial charge in [-0.3, -0.25) is 9.97 Å². The lowest BCUT2D eigenvalue weighted by Crippen LogP contribution is -2.39. The van der Waals surface area contributed by atoms with Crippen LogP contribution in [0.5, 0.6) is 5.75 Å². The summed E-state index contributed by atoms with van der Waals surface area (Å²) in [7, 11) is 0.337. The van der Waals surface area contributed by atoms with Gasteiger partial charge in [-0.15, -0.1) is 0 Å². The molecule has 0 aliphatic rings. The molecule has 0 saturated heterocycles. The number of aryl methyl sites for hydroxylation is 1. The molecule has 3 heterocycles. The van der Waals surface area contributed by atoms with Crippen molar-refractivity contribution < 1.29 is 5.11 Å². The van der Waals surface area contributed by atoms with E-state index in [0.29, 0.717) is 11.4 Å². The minimum atomic E-state index is -1.65. The van der Waals surface area contributed by atoms with Crippen LogP contribution in [0, 0.1) is 0 Å². The maximum atomic E-state index is 10.5. The average Bonchev–Trinajstić information content (AvgIpc) is 3.32. The molecule has 0 aliphatic heterocycles. The monoisotopic (exact) mass is 582 g/mol. The van der Waals surface area contributed by atoms with Gasteiger partial charge in [0, 0.05) is 30.6 Å². The molecule has 0 fully saturated rings. The lowest BCUT2D eigenvalue weighted by Gasteiger charge is -2.23. The Morgan fingerprint density at radius 1 is 0.744 bits per heavy atom. The number of rotatable bonds is 5. The molecule has 0 unspecified atom stereocenters. The minimum Gasteiger partial charge on any atom is -0.506 e. The van der Waals surface area contributed by atoms with E-state index >= 15 is 0 Å². The van der Waals surface area contributed by atoms with Crippen LogP contribution in [0.15, 0.2) is 97.5 Å². The van der Waals surface area contributed by atoms with E-state index in [0.717, 1.165) is 33.4 Å². The smallest absolute Gasteiger partial charge is 0.144 e. The maximum Gasteiger partial charge on any atom is 0.144 e. The second-order valence-electron chi connectivity index (χ2n) is 13.3. The van der Waals surface area contributed by atoms with Crippen LogP contribution in [-0.4, -0.2) is 32.7 Å². The number of aromatic nitrogens is 4. The first-order chi connectivity index (χ1) is 20.4. The Hall–Kier alpha value is -4.55. The first-order valence-corrected chi connectivity index (χ1v) is 18.2. The van der Waals surface area contributed by atoms with E-state index in [2.05, 4.69) is 124 Å². The van der Waals surface area contributed by atoms with E-state index in [1.807, 2.05) is 11.6 Å². The van der Waals surface area contributed by atoms with Crippen molar-refractivity contribution in [2.75, 3.05) is 0 Å². The Balaban J connectivity index is 1.57. The van der Waals surface area contributed by atoms with Crippen molar-refractivity contribution in [3.8, 4) is 50.6 Å². The Bertz CT molecular complexity index is 1960. The number of pyridine rings is 2. The number of para-hydroxylation sites is 1. The summed E-state index contributed by atoms with van der Waals surface area (Å²) in [5.41, 5.74) is 10.4. The summed E-state index contributed by atoms with van der Waals surface area (Å²) in [6, 6.07) is 27.8. The third-order valence-electron chi connectivity index (χ3n) is 8.16. The van der Waals surface area contributed by atoms with E-state index < -0.39 is 8.07 Å². The number of benzene rings is 3. The van der Waals surface area contributed by atoms with Crippen LogP contribution in [0.25, 0.3) is 55.9 Å². The zero-order valence-corrected chi connectivity index (χ0v) is 27.0. The molecule has 3 aromatic carbocycles. The van der Waals surface area contributed by atoms with Crippen molar-refractivity contribution in [1.29, 1.82) is 0 Å². The third kappa shape index (κ3) is 5.39. The lowest BCUT2D eigenvalue weighted by atomic mass is 9.83. The molecule has 0 bridgehead atoms. The molecule has 0 radical (unpaired) electrons. The number of imidazole rings is 1. The fourth-order valence-corrected chi connectivity index (χ4v) is 7.17. The molecule has 3 aromatic heterocycles. The van der Waals surface area contributed by atoms with Gasteiger partial charge in [0.25, 0.3) is 0 Å². The van der Waals surface area contributed by atoms with E-state index in [1.54, 1.807) is 12.3 Å². The number of fused-ring (bicyclic) bond motifs is 1. The van der Waals surface area contributed by atoms with E-state index in [4.69, 9.17) is 9.97 Å². The van der Waals surface area contributed by atoms with Crippen molar-refractivity contribution in [2.45, 2.75) is 45.8 Å². The van der Waals surface area contributed by atoms with Gasteiger partial charge in [0.1, 0.15) is 11.6 Å². The van der Waals surface area contributed by atoms with Gasteiger partial charge < -0.3 is 9.67 Å². The standard InChI is InChI=1S/C37H38N4OSi/c1-37(2,3)27-19-25(28-14-11-15-32-35(28)40-36(41(32)4)29-16-17-38-22-33(29)42)18-26(20-27)31-21-30(24-12-9-8-10-13-24)34(23-39-31)43(5,6)7/h8-23,42H,1-7H3. The molecule has 0 atom stereocenters. The molecular formula is C37H38N4OSi. The van der Waals surface area contributed by atoms with Gasteiger partial charge in [-0.2, -0.15) is 0 Å². The highest BCUT2D eigenvalue weighted by atomic mass is 28.3. The molecule has 216 valence electrons. The van der Waals surface area contributed by atoms with Crippen LogP contribution in [0.2, 0.25) is 19.6 Å². The molecule has 43 heavy (non-hydrogen) atoms. The Morgan fingerprint density at radius 2 is 1.49 bits per heavy atom. The number of hydrogen-bond acceptors (Lipinski definition) is 4. The second kappa shape index (κ2) is 10.6. The Kier molecular flexibility index (Phi) is 7.05. The van der Waals surface area contributed by atoms with Crippen LogP contribution in [0.4, 0.5) is 0 Å². The normalized spacial score (nSPS) is 12.2. The second-order valence-corrected chi connectivity index (χ2v) is 18.4. The first-order valence-electron chi connectivity index (χ1n) is 14.7. The molecule has 0 aliphatic carbocycles. The number of aromatic hydroxyl groups is 1. The summed E-state index contributed by atoms with van der Waals surface area (Å²) < 4.78 is 2.03. The predicted molar refractivity (Wildman–Crippen MR) is 181 cm³/mol. The van der Waals surface area contributed by atoms with E-state index in [-0.39, 0.29) is 11.2 Å². The van der Waals surface area contributed by atoms with Gasteiger partial charge in [0.05, 0.1) is 36.6 Å². The molecule has 1 N–H and O–H groups in total. The topological polar surface area (TPSA) is 63.8 Å². The SMILES string of the molecule is Cn1c(-c2ccncc2O)nc2c(-c3cc(-c4cc(-c5ccccc5)c([Si](C)(C)C)cn4)cc(C(C)(C)C)c3)cccc21. The highest BCUT2D eigenvalue weighted by molar-refractivity contribution is 6.89. The summed E-state index contributed by atoms with van der Waals surface area (Å²) >= 11 is 0. The fraction of sp³-hybridized carbons (Fsp3) is 0.216. The van der Waals surface area contributed by atoms with E-state index in [1.165, 1.54) is 28.1 Å². The van der Waals surface area contributed by atoms with Crippen molar-refractivity contribution in [3.63, 3.8) is 0 Å². The van der Waals surface area contributed by atoms with Gasteiger partial charge in [0.15, 0.2) is 0 Å².